The highest BCUT2D eigenvalue weighted by Crippen LogP contribution is 2.26. The minimum Gasteiger partial charge on any atom is -0.376 e. The van der Waals surface area contributed by atoms with Gasteiger partial charge in [-0.15, -0.1) is 0 Å². The molecule has 0 spiro atoms. The Hall–Kier alpha value is -2.92. The number of aryl methyl sites for hydroxylation is 1. The van der Waals surface area contributed by atoms with E-state index in [1.54, 1.807) is 0 Å². The molecule has 0 amide bonds. The molecule has 5 heteroatoms. The number of benzene rings is 3. The van der Waals surface area contributed by atoms with Crippen molar-refractivity contribution < 1.29 is 8.91 Å². The maximum absolute atomic E-state index is 13.3. The summed E-state index contributed by atoms with van der Waals surface area (Å²) in [5.41, 5.74) is 1.56. The van der Waals surface area contributed by atoms with Gasteiger partial charge in [0.1, 0.15) is 5.82 Å². The molecular formula is C26H27FN2O2. The Kier molecular flexibility index (Phi) is 5.60. The number of fused-ring (bicyclic) bond motifs is 2. The van der Waals surface area contributed by atoms with Gasteiger partial charge in [0.15, 0.2) is 5.58 Å². The van der Waals surface area contributed by atoms with Crippen molar-refractivity contribution in [3.63, 3.8) is 0 Å². The lowest BCUT2D eigenvalue weighted by Crippen LogP contribution is -2.33. The van der Waals surface area contributed by atoms with Crippen molar-refractivity contribution in [3.05, 3.63) is 82.4 Å². The van der Waals surface area contributed by atoms with Gasteiger partial charge in [-0.05, 0) is 73.2 Å². The first kappa shape index (κ1) is 20.0. The van der Waals surface area contributed by atoms with Crippen LogP contribution in [0.2, 0.25) is 0 Å². The molecule has 1 saturated heterocycles. The van der Waals surface area contributed by atoms with E-state index in [-0.39, 0.29) is 11.4 Å². The zero-order valence-corrected chi connectivity index (χ0v) is 17.6. The molecule has 0 bridgehead atoms. The topological polar surface area (TPSA) is 38.4 Å². The zero-order chi connectivity index (χ0) is 21.2. The number of likely N-dealkylation sites (tertiary alicyclic amines) is 1. The Morgan fingerprint density at radius 3 is 2.65 bits per heavy atom. The molecule has 4 nitrogen and oxygen atoms in total. The van der Waals surface area contributed by atoms with Crippen LogP contribution in [0.25, 0.3) is 21.7 Å². The van der Waals surface area contributed by atoms with E-state index < -0.39 is 0 Å². The average molecular weight is 419 g/mol. The molecule has 3 aromatic carbocycles. The number of piperidine rings is 1. The summed E-state index contributed by atoms with van der Waals surface area (Å²) < 4.78 is 20.3. The van der Waals surface area contributed by atoms with Crippen molar-refractivity contribution in [2.45, 2.75) is 38.8 Å². The lowest BCUT2D eigenvalue weighted by atomic mass is 9.92. The SMILES string of the molecule is O=c1c2ccc(F)cc2on1CCCC1CCN(Cc2cccc3ccccc23)CC1. The summed E-state index contributed by atoms with van der Waals surface area (Å²) in [5, 5.41) is 3.10. The van der Waals surface area contributed by atoms with E-state index in [4.69, 9.17) is 4.52 Å². The van der Waals surface area contributed by atoms with Crippen LogP contribution in [0.5, 0.6) is 0 Å². The van der Waals surface area contributed by atoms with E-state index in [0.29, 0.717) is 23.4 Å². The normalized spacial score (nSPS) is 15.8. The summed E-state index contributed by atoms with van der Waals surface area (Å²) in [6.45, 7) is 3.76. The Bertz CT molecular complexity index is 1250. The highest BCUT2D eigenvalue weighted by atomic mass is 19.1. The van der Waals surface area contributed by atoms with Crippen LogP contribution < -0.4 is 5.56 Å². The Labute approximate surface area is 180 Å². The summed E-state index contributed by atoms with van der Waals surface area (Å²) in [6.07, 6.45) is 4.35. The number of hydrogen-bond acceptors (Lipinski definition) is 3. The third-order valence-corrected chi connectivity index (χ3v) is 6.56. The van der Waals surface area contributed by atoms with Crippen molar-refractivity contribution in [2.24, 2.45) is 5.92 Å². The van der Waals surface area contributed by atoms with Crippen molar-refractivity contribution >= 4 is 21.7 Å². The summed E-state index contributed by atoms with van der Waals surface area (Å²) in [6, 6.07) is 19.2. The van der Waals surface area contributed by atoms with Gasteiger partial charge in [-0.1, -0.05) is 42.5 Å². The first-order chi connectivity index (χ1) is 15.2. The predicted molar refractivity (Wildman–Crippen MR) is 122 cm³/mol. The van der Waals surface area contributed by atoms with Gasteiger partial charge in [-0.3, -0.25) is 9.69 Å². The first-order valence-corrected chi connectivity index (χ1v) is 11.2. The number of halogens is 1. The van der Waals surface area contributed by atoms with Gasteiger partial charge in [0.05, 0.1) is 11.9 Å². The monoisotopic (exact) mass is 418 g/mol. The van der Waals surface area contributed by atoms with Gasteiger partial charge in [0.2, 0.25) is 0 Å². The standard InChI is InChI=1S/C26H27FN2O2/c27-22-10-11-24-25(17-22)31-29(26(24)30)14-4-5-19-12-15-28(16-13-19)18-21-8-3-7-20-6-1-2-9-23(20)21/h1-3,6-11,17,19H,4-5,12-16,18H2. The van der Waals surface area contributed by atoms with E-state index in [9.17, 15) is 9.18 Å². The minimum absolute atomic E-state index is 0.167. The van der Waals surface area contributed by atoms with Crippen LogP contribution in [0, 0.1) is 11.7 Å². The molecule has 0 unspecified atom stereocenters. The fourth-order valence-corrected chi connectivity index (χ4v) is 4.82. The van der Waals surface area contributed by atoms with Crippen molar-refractivity contribution in [2.75, 3.05) is 13.1 Å². The van der Waals surface area contributed by atoms with Crippen molar-refractivity contribution in [1.29, 1.82) is 0 Å². The molecule has 0 aliphatic carbocycles. The summed E-state index contributed by atoms with van der Waals surface area (Å²) in [7, 11) is 0. The molecule has 5 rings (SSSR count). The Balaban J connectivity index is 1.13. The van der Waals surface area contributed by atoms with Crippen molar-refractivity contribution in [1.82, 2.24) is 9.64 Å². The second-order valence-electron chi connectivity index (χ2n) is 8.64. The van der Waals surface area contributed by atoms with Crippen LogP contribution in [0.4, 0.5) is 4.39 Å². The number of rotatable bonds is 6. The van der Waals surface area contributed by atoms with Crippen LogP contribution in [0.1, 0.15) is 31.2 Å². The van der Waals surface area contributed by atoms with Gasteiger partial charge >= 0.3 is 0 Å². The molecule has 0 radical (unpaired) electrons. The third-order valence-electron chi connectivity index (χ3n) is 6.56. The maximum atomic E-state index is 13.3. The summed E-state index contributed by atoms with van der Waals surface area (Å²) in [5.74, 6) is 0.296. The predicted octanol–water partition coefficient (Wildman–Crippen LogP) is 5.58. The average Bonchev–Trinajstić information content (AvgIpc) is 3.10. The minimum atomic E-state index is -0.385. The second-order valence-corrected chi connectivity index (χ2v) is 8.64. The van der Waals surface area contributed by atoms with E-state index in [0.717, 1.165) is 32.5 Å². The van der Waals surface area contributed by atoms with E-state index >= 15 is 0 Å². The fourth-order valence-electron chi connectivity index (χ4n) is 4.82. The molecule has 31 heavy (non-hydrogen) atoms. The molecule has 2 heterocycles. The van der Waals surface area contributed by atoms with Crippen LogP contribution in [0.15, 0.2) is 70.0 Å². The highest BCUT2D eigenvalue weighted by Gasteiger charge is 2.20. The lowest BCUT2D eigenvalue weighted by molar-refractivity contribution is 0.167. The van der Waals surface area contributed by atoms with Gasteiger partial charge in [0.25, 0.3) is 5.56 Å². The molecule has 0 N–H and O–H groups in total. The Morgan fingerprint density at radius 2 is 1.77 bits per heavy atom. The molecule has 1 aromatic heterocycles. The van der Waals surface area contributed by atoms with Gasteiger partial charge in [-0.25, -0.2) is 4.39 Å². The van der Waals surface area contributed by atoms with Gasteiger partial charge < -0.3 is 4.52 Å². The van der Waals surface area contributed by atoms with Crippen LogP contribution in [0.3, 0.4) is 0 Å². The number of aromatic nitrogens is 1. The van der Waals surface area contributed by atoms with E-state index in [1.165, 1.54) is 52.1 Å². The molecule has 4 aromatic rings. The Morgan fingerprint density at radius 1 is 0.968 bits per heavy atom. The molecule has 0 saturated carbocycles. The molecule has 1 fully saturated rings. The van der Waals surface area contributed by atoms with Crippen LogP contribution >= 0.6 is 0 Å². The highest BCUT2D eigenvalue weighted by molar-refractivity contribution is 5.85. The summed E-state index contributed by atoms with van der Waals surface area (Å²) >= 11 is 0. The molecule has 0 atom stereocenters. The maximum Gasteiger partial charge on any atom is 0.290 e. The number of hydrogen-bond donors (Lipinski definition) is 0. The first-order valence-electron chi connectivity index (χ1n) is 11.2. The smallest absolute Gasteiger partial charge is 0.290 e. The van der Waals surface area contributed by atoms with Crippen LogP contribution in [-0.4, -0.2) is 22.7 Å². The quantitative estimate of drug-likeness (QED) is 0.410. The van der Waals surface area contributed by atoms with E-state index in [2.05, 4.69) is 47.4 Å². The zero-order valence-electron chi connectivity index (χ0n) is 17.6. The molecule has 1 aliphatic heterocycles. The van der Waals surface area contributed by atoms with Gasteiger partial charge in [0, 0.05) is 12.6 Å². The molecule has 1 aliphatic rings. The second kappa shape index (κ2) is 8.67. The van der Waals surface area contributed by atoms with Gasteiger partial charge in [-0.2, -0.15) is 4.74 Å². The molecular weight excluding hydrogens is 391 g/mol. The largest absolute Gasteiger partial charge is 0.376 e. The summed E-state index contributed by atoms with van der Waals surface area (Å²) in [4.78, 5) is 14.9. The third kappa shape index (κ3) is 4.28. The lowest BCUT2D eigenvalue weighted by Gasteiger charge is -2.32. The molecule has 160 valence electrons. The number of nitrogens with zero attached hydrogens (tertiary/aromatic N) is 2. The van der Waals surface area contributed by atoms with E-state index in [1.807, 2.05) is 0 Å². The van der Waals surface area contributed by atoms with Crippen LogP contribution in [-0.2, 0) is 13.1 Å². The fraction of sp³-hybridized carbons (Fsp3) is 0.346. The van der Waals surface area contributed by atoms with Crippen molar-refractivity contribution in [3.8, 4) is 0 Å².